The molecule has 0 spiro atoms. The second kappa shape index (κ2) is 6.20. The maximum atomic E-state index is 13.1. The highest BCUT2D eigenvalue weighted by atomic mass is 16.2. The van der Waals surface area contributed by atoms with Gasteiger partial charge in [-0.15, -0.1) is 0 Å². The number of carbonyl (C=O) groups excluding carboxylic acids is 1. The summed E-state index contributed by atoms with van der Waals surface area (Å²) in [5.74, 6) is -0.0871. The van der Waals surface area contributed by atoms with Crippen molar-refractivity contribution >= 4 is 16.7 Å². The summed E-state index contributed by atoms with van der Waals surface area (Å²) >= 11 is 0. The second-order valence-electron chi connectivity index (χ2n) is 6.62. The maximum absolute atomic E-state index is 13.1. The Balaban J connectivity index is 2.00. The smallest absolute Gasteiger partial charge is 0.271 e. The predicted octanol–water partition coefficient (Wildman–Crippen LogP) is 3.74. The van der Waals surface area contributed by atoms with E-state index in [-0.39, 0.29) is 11.5 Å². The van der Waals surface area contributed by atoms with Gasteiger partial charge in [0, 0.05) is 24.0 Å². The van der Waals surface area contributed by atoms with Gasteiger partial charge in [-0.1, -0.05) is 48.0 Å². The fourth-order valence-electron chi connectivity index (χ4n) is 3.54. The van der Waals surface area contributed by atoms with Crippen molar-refractivity contribution in [2.45, 2.75) is 19.8 Å². The number of amides is 1. The molecule has 4 rings (SSSR count). The Labute approximate surface area is 146 Å². The highest BCUT2D eigenvalue weighted by Gasteiger charge is 2.25. The van der Waals surface area contributed by atoms with Crippen LogP contribution in [0.5, 0.6) is 0 Å². The van der Waals surface area contributed by atoms with E-state index in [0.717, 1.165) is 48.0 Å². The standard InChI is InChI=1S/C21H20N2O2/c1-14-8-10-15(11-9-14)18-16-6-2-3-7-17(16)20(24)22-19(18)21(25)23-12-4-5-13-23/h2-3,6-11H,4-5,12-13H2,1H3,(H,22,24). The summed E-state index contributed by atoms with van der Waals surface area (Å²) in [6.45, 7) is 3.53. The number of aromatic nitrogens is 1. The summed E-state index contributed by atoms with van der Waals surface area (Å²) in [4.78, 5) is 30.3. The molecular weight excluding hydrogens is 312 g/mol. The third kappa shape index (κ3) is 2.74. The molecule has 1 amide bonds. The Kier molecular flexibility index (Phi) is 3.88. The summed E-state index contributed by atoms with van der Waals surface area (Å²) < 4.78 is 0. The van der Waals surface area contributed by atoms with Crippen molar-refractivity contribution in [1.29, 1.82) is 0 Å². The van der Waals surface area contributed by atoms with Crippen molar-refractivity contribution in [1.82, 2.24) is 9.88 Å². The molecular formula is C21H20N2O2. The monoisotopic (exact) mass is 332 g/mol. The van der Waals surface area contributed by atoms with Crippen LogP contribution in [-0.2, 0) is 0 Å². The number of H-pyrrole nitrogens is 1. The number of rotatable bonds is 2. The first kappa shape index (κ1) is 15.6. The van der Waals surface area contributed by atoms with Gasteiger partial charge in [0.15, 0.2) is 0 Å². The Morgan fingerprint density at radius 2 is 1.60 bits per heavy atom. The van der Waals surface area contributed by atoms with Crippen LogP contribution < -0.4 is 5.56 Å². The van der Waals surface area contributed by atoms with Gasteiger partial charge in [0.05, 0.1) is 0 Å². The first-order chi connectivity index (χ1) is 12.1. The number of benzene rings is 2. The zero-order chi connectivity index (χ0) is 17.4. The first-order valence-electron chi connectivity index (χ1n) is 8.66. The Morgan fingerprint density at radius 1 is 0.960 bits per heavy atom. The summed E-state index contributed by atoms with van der Waals surface area (Å²) in [5.41, 5.74) is 3.10. The Bertz CT molecular complexity index is 997. The highest BCUT2D eigenvalue weighted by Crippen LogP contribution is 2.31. The van der Waals surface area contributed by atoms with Crippen LogP contribution in [-0.4, -0.2) is 28.9 Å². The van der Waals surface area contributed by atoms with Crippen LogP contribution in [0.3, 0.4) is 0 Å². The SMILES string of the molecule is Cc1ccc(-c2c(C(=O)N3CCCC3)[nH]c(=O)c3ccccc23)cc1. The van der Waals surface area contributed by atoms with Gasteiger partial charge in [-0.3, -0.25) is 9.59 Å². The van der Waals surface area contributed by atoms with Crippen LogP contribution in [0.1, 0.15) is 28.9 Å². The third-order valence-corrected chi connectivity index (χ3v) is 4.88. The molecule has 0 saturated carbocycles. The molecule has 1 N–H and O–H groups in total. The van der Waals surface area contributed by atoms with E-state index < -0.39 is 0 Å². The van der Waals surface area contributed by atoms with E-state index in [1.807, 2.05) is 54.3 Å². The van der Waals surface area contributed by atoms with Crippen LogP contribution >= 0.6 is 0 Å². The molecule has 1 aliphatic heterocycles. The number of likely N-dealkylation sites (tertiary alicyclic amines) is 1. The number of aromatic amines is 1. The molecule has 2 heterocycles. The van der Waals surface area contributed by atoms with E-state index in [9.17, 15) is 9.59 Å². The molecule has 1 fully saturated rings. The number of nitrogens with one attached hydrogen (secondary N) is 1. The first-order valence-corrected chi connectivity index (χ1v) is 8.66. The Morgan fingerprint density at radius 3 is 2.28 bits per heavy atom. The molecule has 0 radical (unpaired) electrons. The second-order valence-corrected chi connectivity index (χ2v) is 6.62. The van der Waals surface area contributed by atoms with Crippen molar-refractivity contribution in [2.24, 2.45) is 0 Å². The van der Waals surface area contributed by atoms with E-state index in [2.05, 4.69) is 4.98 Å². The van der Waals surface area contributed by atoms with E-state index >= 15 is 0 Å². The number of hydrogen-bond acceptors (Lipinski definition) is 2. The third-order valence-electron chi connectivity index (χ3n) is 4.88. The van der Waals surface area contributed by atoms with E-state index in [4.69, 9.17) is 0 Å². The molecule has 4 nitrogen and oxygen atoms in total. The summed E-state index contributed by atoms with van der Waals surface area (Å²) in [7, 11) is 0. The lowest BCUT2D eigenvalue weighted by Gasteiger charge is -2.19. The molecule has 4 heteroatoms. The molecule has 0 bridgehead atoms. The molecule has 0 unspecified atom stereocenters. The van der Waals surface area contributed by atoms with Crippen LogP contribution in [0.15, 0.2) is 53.3 Å². The lowest BCUT2D eigenvalue weighted by Crippen LogP contribution is -2.30. The number of carbonyl (C=O) groups is 1. The fraction of sp³-hybridized carbons (Fsp3) is 0.238. The van der Waals surface area contributed by atoms with Crippen molar-refractivity contribution in [3.63, 3.8) is 0 Å². The Hall–Kier alpha value is -2.88. The number of nitrogens with zero attached hydrogens (tertiary/aromatic N) is 1. The van der Waals surface area contributed by atoms with Gasteiger partial charge in [0.2, 0.25) is 0 Å². The minimum absolute atomic E-state index is 0.0871. The van der Waals surface area contributed by atoms with Crippen molar-refractivity contribution in [3.8, 4) is 11.1 Å². The summed E-state index contributed by atoms with van der Waals surface area (Å²) in [6.07, 6.45) is 2.03. The van der Waals surface area contributed by atoms with E-state index in [1.165, 1.54) is 0 Å². The molecule has 1 aliphatic rings. The number of pyridine rings is 1. The molecule has 2 aromatic carbocycles. The van der Waals surface area contributed by atoms with Crippen LogP contribution in [0.4, 0.5) is 0 Å². The van der Waals surface area contributed by atoms with Crippen molar-refractivity contribution in [3.05, 3.63) is 70.1 Å². The molecule has 0 atom stereocenters. The van der Waals surface area contributed by atoms with Gasteiger partial charge >= 0.3 is 0 Å². The minimum Gasteiger partial charge on any atom is -0.337 e. The molecule has 1 saturated heterocycles. The molecule has 25 heavy (non-hydrogen) atoms. The zero-order valence-electron chi connectivity index (χ0n) is 14.2. The quantitative estimate of drug-likeness (QED) is 0.777. The highest BCUT2D eigenvalue weighted by molar-refractivity contribution is 6.08. The average molecular weight is 332 g/mol. The molecule has 3 aromatic rings. The largest absolute Gasteiger partial charge is 0.337 e. The van der Waals surface area contributed by atoms with Gasteiger partial charge in [-0.05, 0) is 36.8 Å². The molecule has 1 aromatic heterocycles. The molecule has 0 aliphatic carbocycles. The van der Waals surface area contributed by atoms with Gasteiger partial charge in [0.25, 0.3) is 11.5 Å². The normalized spacial score (nSPS) is 14.2. The zero-order valence-corrected chi connectivity index (χ0v) is 14.2. The van der Waals surface area contributed by atoms with Crippen LogP contribution in [0.25, 0.3) is 21.9 Å². The van der Waals surface area contributed by atoms with Gasteiger partial charge in [0.1, 0.15) is 5.69 Å². The number of aryl methyl sites for hydroxylation is 1. The van der Waals surface area contributed by atoms with Gasteiger partial charge < -0.3 is 9.88 Å². The van der Waals surface area contributed by atoms with Gasteiger partial charge in [-0.2, -0.15) is 0 Å². The topological polar surface area (TPSA) is 53.2 Å². The lowest BCUT2D eigenvalue weighted by atomic mass is 9.96. The van der Waals surface area contributed by atoms with E-state index in [0.29, 0.717) is 11.1 Å². The predicted molar refractivity (Wildman–Crippen MR) is 99.9 cm³/mol. The van der Waals surface area contributed by atoms with Gasteiger partial charge in [-0.25, -0.2) is 0 Å². The molecule has 126 valence electrons. The number of hydrogen-bond donors (Lipinski definition) is 1. The fourth-order valence-corrected chi connectivity index (χ4v) is 3.54. The van der Waals surface area contributed by atoms with Crippen molar-refractivity contribution < 1.29 is 4.79 Å². The van der Waals surface area contributed by atoms with Crippen LogP contribution in [0.2, 0.25) is 0 Å². The van der Waals surface area contributed by atoms with Crippen LogP contribution in [0, 0.1) is 6.92 Å². The average Bonchev–Trinajstić information content (AvgIpc) is 3.17. The summed E-state index contributed by atoms with van der Waals surface area (Å²) in [6, 6.07) is 15.5. The number of fused-ring (bicyclic) bond motifs is 1. The maximum Gasteiger partial charge on any atom is 0.271 e. The lowest BCUT2D eigenvalue weighted by molar-refractivity contribution is 0.0788. The van der Waals surface area contributed by atoms with E-state index in [1.54, 1.807) is 6.07 Å². The van der Waals surface area contributed by atoms with Crippen molar-refractivity contribution in [2.75, 3.05) is 13.1 Å². The summed E-state index contributed by atoms with van der Waals surface area (Å²) in [5, 5.41) is 1.42. The minimum atomic E-state index is -0.214.